The molecule has 1 aliphatic rings. The van der Waals surface area contributed by atoms with E-state index in [0.29, 0.717) is 0 Å². The summed E-state index contributed by atoms with van der Waals surface area (Å²) in [6.07, 6.45) is 7.08. The van der Waals surface area contributed by atoms with E-state index in [-0.39, 0.29) is 18.3 Å². The van der Waals surface area contributed by atoms with Gasteiger partial charge in [-0.1, -0.05) is 6.08 Å². The van der Waals surface area contributed by atoms with Gasteiger partial charge in [-0.05, 0) is 18.4 Å². The monoisotopic (exact) mass is 207 g/mol. The summed E-state index contributed by atoms with van der Waals surface area (Å²) < 4.78 is 1.85. The molecule has 0 aliphatic heterocycles. The summed E-state index contributed by atoms with van der Waals surface area (Å²) in [5.74, 6) is -0.516. The van der Waals surface area contributed by atoms with Gasteiger partial charge in [-0.3, -0.25) is 4.79 Å². The molecule has 0 fully saturated rings. The van der Waals surface area contributed by atoms with Crippen molar-refractivity contribution in [3.8, 4) is 0 Å². The number of aliphatic hydroxyl groups excluding tert-OH is 1. The van der Waals surface area contributed by atoms with E-state index in [1.54, 1.807) is 12.5 Å². The molecule has 0 radical (unpaired) electrons. The number of amides is 1. The van der Waals surface area contributed by atoms with E-state index >= 15 is 0 Å². The molecule has 1 aromatic rings. The SMILES string of the molecule is NC(=O)c1cn([C@@H]2C=C(CO)CC2)cn1. The van der Waals surface area contributed by atoms with Gasteiger partial charge in [0, 0.05) is 6.20 Å². The lowest BCUT2D eigenvalue weighted by Gasteiger charge is -2.07. The van der Waals surface area contributed by atoms with Gasteiger partial charge in [-0.25, -0.2) is 4.98 Å². The van der Waals surface area contributed by atoms with Gasteiger partial charge in [0.05, 0.1) is 19.0 Å². The second-order valence-corrected chi connectivity index (χ2v) is 3.66. The van der Waals surface area contributed by atoms with Crippen LogP contribution in [0.15, 0.2) is 24.2 Å². The van der Waals surface area contributed by atoms with Crippen LogP contribution in [0.25, 0.3) is 0 Å². The van der Waals surface area contributed by atoms with Crippen LogP contribution in [0.1, 0.15) is 29.4 Å². The van der Waals surface area contributed by atoms with Crippen molar-refractivity contribution in [2.45, 2.75) is 18.9 Å². The van der Waals surface area contributed by atoms with Gasteiger partial charge in [0.15, 0.2) is 0 Å². The van der Waals surface area contributed by atoms with Crippen LogP contribution >= 0.6 is 0 Å². The molecule has 80 valence electrons. The quantitative estimate of drug-likeness (QED) is 0.696. The van der Waals surface area contributed by atoms with Crippen molar-refractivity contribution in [1.82, 2.24) is 9.55 Å². The Labute approximate surface area is 87.2 Å². The number of nitrogens with zero attached hydrogens (tertiary/aromatic N) is 2. The van der Waals surface area contributed by atoms with E-state index in [9.17, 15) is 4.79 Å². The molecular formula is C10H13N3O2. The van der Waals surface area contributed by atoms with Crippen LogP contribution in [0.2, 0.25) is 0 Å². The minimum Gasteiger partial charge on any atom is -0.392 e. The molecule has 1 heterocycles. The van der Waals surface area contributed by atoms with Crippen molar-refractivity contribution in [3.63, 3.8) is 0 Å². The smallest absolute Gasteiger partial charge is 0.268 e. The van der Waals surface area contributed by atoms with Gasteiger partial charge in [-0.15, -0.1) is 0 Å². The second kappa shape index (κ2) is 3.86. The first-order valence-corrected chi connectivity index (χ1v) is 4.84. The first-order valence-electron chi connectivity index (χ1n) is 4.84. The van der Waals surface area contributed by atoms with Gasteiger partial charge < -0.3 is 15.4 Å². The fraction of sp³-hybridized carbons (Fsp3) is 0.400. The molecular weight excluding hydrogens is 194 g/mol. The summed E-state index contributed by atoms with van der Waals surface area (Å²) in [5.41, 5.74) is 6.42. The van der Waals surface area contributed by atoms with Crippen molar-refractivity contribution >= 4 is 5.91 Å². The number of hydrogen-bond acceptors (Lipinski definition) is 3. The molecule has 0 saturated carbocycles. The third kappa shape index (κ3) is 1.92. The van der Waals surface area contributed by atoms with Gasteiger partial charge in [0.25, 0.3) is 5.91 Å². The van der Waals surface area contributed by atoms with E-state index in [4.69, 9.17) is 10.8 Å². The summed E-state index contributed by atoms with van der Waals surface area (Å²) in [6.45, 7) is 0.105. The largest absolute Gasteiger partial charge is 0.392 e. The fourth-order valence-corrected chi connectivity index (χ4v) is 1.78. The number of nitrogens with two attached hydrogens (primary N) is 1. The zero-order valence-electron chi connectivity index (χ0n) is 8.26. The van der Waals surface area contributed by atoms with Crippen molar-refractivity contribution < 1.29 is 9.90 Å². The van der Waals surface area contributed by atoms with Crippen LogP contribution in [0, 0.1) is 0 Å². The van der Waals surface area contributed by atoms with Crippen LogP contribution < -0.4 is 5.73 Å². The van der Waals surface area contributed by atoms with E-state index in [1.807, 2.05) is 10.6 Å². The average Bonchev–Trinajstić information content (AvgIpc) is 2.86. The topological polar surface area (TPSA) is 81.1 Å². The Kier molecular flexibility index (Phi) is 2.55. The Morgan fingerprint density at radius 1 is 1.73 bits per heavy atom. The fourth-order valence-electron chi connectivity index (χ4n) is 1.78. The third-order valence-corrected chi connectivity index (χ3v) is 2.63. The number of imidazole rings is 1. The highest BCUT2D eigenvalue weighted by atomic mass is 16.3. The minimum absolute atomic E-state index is 0.105. The van der Waals surface area contributed by atoms with Gasteiger partial charge >= 0.3 is 0 Å². The van der Waals surface area contributed by atoms with E-state index in [2.05, 4.69) is 4.98 Å². The molecule has 5 heteroatoms. The maximum Gasteiger partial charge on any atom is 0.268 e. The lowest BCUT2D eigenvalue weighted by molar-refractivity contribution is 0.0996. The number of allylic oxidation sites excluding steroid dienone is 1. The minimum atomic E-state index is -0.516. The number of carbonyl (C=O) groups is 1. The molecule has 1 atom stereocenters. The molecule has 0 unspecified atom stereocenters. The number of rotatable bonds is 3. The van der Waals surface area contributed by atoms with E-state index < -0.39 is 5.91 Å². The predicted molar refractivity (Wildman–Crippen MR) is 54.2 cm³/mol. The third-order valence-electron chi connectivity index (χ3n) is 2.63. The zero-order valence-corrected chi connectivity index (χ0v) is 8.26. The maximum atomic E-state index is 10.8. The molecule has 3 N–H and O–H groups in total. The number of aromatic nitrogens is 2. The number of primary amides is 1. The standard InChI is InChI=1S/C10H13N3O2/c11-10(15)9-4-13(6-12-9)8-2-1-7(3-8)5-14/h3-4,6,8,14H,1-2,5H2,(H2,11,15)/t8-/m0/s1. The molecule has 1 aromatic heterocycles. The number of hydrogen-bond donors (Lipinski definition) is 2. The first kappa shape index (κ1) is 9.92. The Bertz CT molecular complexity index is 409. The lowest BCUT2D eigenvalue weighted by atomic mass is 10.2. The normalized spacial score (nSPS) is 20.3. The number of aliphatic hydroxyl groups is 1. The molecule has 5 nitrogen and oxygen atoms in total. The molecule has 2 rings (SSSR count). The molecule has 0 saturated heterocycles. The molecule has 0 spiro atoms. The summed E-state index contributed by atoms with van der Waals surface area (Å²) >= 11 is 0. The van der Waals surface area contributed by atoms with Crippen LogP contribution in [0.4, 0.5) is 0 Å². The summed E-state index contributed by atoms with van der Waals surface area (Å²) in [6, 6.07) is 0.188. The molecule has 1 aliphatic carbocycles. The summed E-state index contributed by atoms with van der Waals surface area (Å²) in [5, 5.41) is 8.96. The van der Waals surface area contributed by atoms with Gasteiger partial charge in [0.1, 0.15) is 5.69 Å². The Morgan fingerprint density at radius 3 is 3.07 bits per heavy atom. The van der Waals surface area contributed by atoms with Crippen LogP contribution in [-0.4, -0.2) is 27.2 Å². The van der Waals surface area contributed by atoms with Crippen LogP contribution in [0.5, 0.6) is 0 Å². The van der Waals surface area contributed by atoms with Crippen molar-refractivity contribution in [1.29, 1.82) is 0 Å². The van der Waals surface area contributed by atoms with E-state index in [1.165, 1.54) is 0 Å². The Balaban J connectivity index is 2.17. The zero-order chi connectivity index (χ0) is 10.8. The van der Waals surface area contributed by atoms with E-state index in [0.717, 1.165) is 18.4 Å². The predicted octanol–water partition coefficient (Wildman–Crippen LogP) is 0.236. The van der Waals surface area contributed by atoms with Crippen molar-refractivity contribution in [2.75, 3.05) is 6.61 Å². The highest BCUT2D eigenvalue weighted by Crippen LogP contribution is 2.27. The highest BCUT2D eigenvalue weighted by Gasteiger charge is 2.17. The second-order valence-electron chi connectivity index (χ2n) is 3.66. The lowest BCUT2D eigenvalue weighted by Crippen LogP contribution is -2.11. The first-order chi connectivity index (χ1) is 7.20. The van der Waals surface area contributed by atoms with Gasteiger partial charge in [0.2, 0.25) is 0 Å². The average molecular weight is 207 g/mol. The van der Waals surface area contributed by atoms with Gasteiger partial charge in [-0.2, -0.15) is 0 Å². The molecule has 15 heavy (non-hydrogen) atoms. The van der Waals surface area contributed by atoms with Crippen LogP contribution in [0.3, 0.4) is 0 Å². The highest BCUT2D eigenvalue weighted by molar-refractivity contribution is 5.90. The Morgan fingerprint density at radius 2 is 2.53 bits per heavy atom. The van der Waals surface area contributed by atoms with Crippen molar-refractivity contribution in [3.05, 3.63) is 29.9 Å². The molecule has 0 bridgehead atoms. The molecule has 1 amide bonds. The van der Waals surface area contributed by atoms with Crippen molar-refractivity contribution in [2.24, 2.45) is 5.73 Å². The summed E-state index contributed by atoms with van der Waals surface area (Å²) in [7, 11) is 0. The van der Waals surface area contributed by atoms with Crippen LogP contribution in [-0.2, 0) is 0 Å². The number of carbonyl (C=O) groups excluding carboxylic acids is 1. The molecule has 0 aromatic carbocycles. The summed E-state index contributed by atoms with van der Waals surface area (Å²) in [4.78, 5) is 14.7. The maximum absolute atomic E-state index is 10.8. The Hall–Kier alpha value is -1.62.